The number of amides is 2. The van der Waals surface area contributed by atoms with Gasteiger partial charge in [-0.1, -0.05) is 24.3 Å². The van der Waals surface area contributed by atoms with E-state index in [1.54, 1.807) is 38.2 Å². The Kier molecular flexibility index (Phi) is 21.2. The Morgan fingerprint density at radius 1 is 0.553 bits per heavy atom. The zero-order chi connectivity index (χ0) is 28.5. The average Bonchev–Trinajstić information content (AvgIpc) is 2.90. The minimum Gasteiger partial charge on any atom is -0.377 e. The summed E-state index contributed by atoms with van der Waals surface area (Å²) in [6, 6.07) is 0. The molecule has 2 amide bonds. The van der Waals surface area contributed by atoms with Crippen LogP contribution in [0.1, 0.15) is 13.8 Å². The number of carbonyl (C=O) groups excluding carboxylic acids is 2. The molecule has 0 fully saturated rings. The molecule has 2 N–H and O–H groups in total. The lowest BCUT2D eigenvalue weighted by Gasteiger charge is -2.27. The van der Waals surface area contributed by atoms with Crippen LogP contribution in [0.15, 0.2) is 50.6 Å². The van der Waals surface area contributed by atoms with Crippen molar-refractivity contribution in [1.82, 2.24) is 10.6 Å². The van der Waals surface area contributed by atoms with Crippen molar-refractivity contribution in [2.24, 2.45) is 10.8 Å². The van der Waals surface area contributed by atoms with Gasteiger partial charge in [0, 0.05) is 13.1 Å². The Balaban J connectivity index is 4.17. The first-order chi connectivity index (χ1) is 18.3. The highest BCUT2D eigenvalue weighted by molar-refractivity contribution is 5.83. The van der Waals surface area contributed by atoms with Crippen LogP contribution in [0.4, 0.5) is 0 Å². The molecule has 0 aromatic rings. The first-order valence-electron chi connectivity index (χ1n) is 12.8. The summed E-state index contributed by atoms with van der Waals surface area (Å²) in [4.78, 5) is 25.3. The minimum absolute atomic E-state index is 0.182. The monoisotopic (exact) mass is 540 g/mol. The lowest BCUT2D eigenvalue weighted by atomic mass is 9.91. The predicted molar refractivity (Wildman–Crippen MR) is 148 cm³/mol. The molecule has 0 bridgehead atoms. The maximum Gasteiger partial charge on any atom is 0.230 e. The third-order valence-corrected chi connectivity index (χ3v) is 5.16. The summed E-state index contributed by atoms with van der Waals surface area (Å²) in [6.07, 6.45) is 6.52. The smallest absolute Gasteiger partial charge is 0.230 e. The SMILES string of the molecule is C=CCOCC(C)(COCC=C)C(=O)NCCOCCOCCNC(=O)C(C)(COCC=C)COCC=C. The van der Waals surface area contributed by atoms with Crippen molar-refractivity contribution >= 4 is 11.8 Å². The summed E-state index contributed by atoms with van der Waals surface area (Å²) in [7, 11) is 0. The summed E-state index contributed by atoms with van der Waals surface area (Å²) < 4.78 is 33.0. The maximum absolute atomic E-state index is 12.7. The van der Waals surface area contributed by atoms with E-state index < -0.39 is 10.8 Å². The molecule has 0 aliphatic carbocycles. The standard InChI is InChI=1S/C28H48N2O8/c1-7-13-35-21-27(5,22-36-14-8-2)25(31)29-11-17-33-19-20-34-18-12-30-26(32)28(6,23-37-15-9-3)24-38-16-10-4/h7-10H,1-4,11-24H2,5-6H3,(H,29,31)(H,30,32). The molecule has 0 unspecified atom stereocenters. The minimum atomic E-state index is -0.842. The average molecular weight is 541 g/mol. The van der Waals surface area contributed by atoms with Crippen LogP contribution < -0.4 is 10.6 Å². The van der Waals surface area contributed by atoms with Gasteiger partial charge in [-0.25, -0.2) is 0 Å². The molecular weight excluding hydrogens is 492 g/mol. The van der Waals surface area contributed by atoms with Gasteiger partial charge in [0.05, 0.1) is 90.1 Å². The van der Waals surface area contributed by atoms with Crippen molar-refractivity contribution in [3.63, 3.8) is 0 Å². The second-order valence-electron chi connectivity index (χ2n) is 9.07. The van der Waals surface area contributed by atoms with E-state index in [1.807, 2.05) is 0 Å². The van der Waals surface area contributed by atoms with Gasteiger partial charge in [0.25, 0.3) is 0 Å². The van der Waals surface area contributed by atoms with Crippen molar-refractivity contribution in [1.29, 1.82) is 0 Å². The van der Waals surface area contributed by atoms with Crippen LogP contribution >= 0.6 is 0 Å². The van der Waals surface area contributed by atoms with Crippen LogP contribution in [-0.4, -0.2) is 104 Å². The molecule has 0 saturated carbocycles. The number of hydrogen-bond donors (Lipinski definition) is 2. The van der Waals surface area contributed by atoms with Gasteiger partial charge in [-0.2, -0.15) is 0 Å². The van der Waals surface area contributed by atoms with E-state index >= 15 is 0 Å². The molecule has 0 radical (unpaired) electrons. The number of rotatable bonds is 27. The third-order valence-electron chi connectivity index (χ3n) is 5.16. The lowest BCUT2D eigenvalue weighted by molar-refractivity contribution is -0.138. The summed E-state index contributed by atoms with van der Waals surface area (Å²) in [5.74, 6) is -0.365. The largest absolute Gasteiger partial charge is 0.377 e. The van der Waals surface area contributed by atoms with Gasteiger partial charge >= 0.3 is 0 Å². The molecule has 0 atom stereocenters. The van der Waals surface area contributed by atoms with E-state index in [0.717, 1.165) is 0 Å². The first-order valence-corrected chi connectivity index (χ1v) is 12.8. The van der Waals surface area contributed by atoms with Gasteiger partial charge in [-0.3, -0.25) is 9.59 Å². The molecule has 0 aliphatic heterocycles. The molecule has 0 spiro atoms. The van der Waals surface area contributed by atoms with Gasteiger partial charge in [-0.15, -0.1) is 26.3 Å². The van der Waals surface area contributed by atoms with Crippen LogP contribution in [-0.2, 0) is 38.0 Å². The topological polar surface area (TPSA) is 114 Å². The van der Waals surface area contributed by atoms with Gasteiger partial charge < -0.3 is 39.1 Å². The Morgan fingerprint density at radius 3 is 1.11 bits per heavy atom. The highest BCUT2D eigenvalue weighted by Gasteiger charge is 2.34. The molecule has 0 aromatic heterocycles. The molecule has 0 heterocycles. The van der Waals surface area contributed by atoms with E-state index in [1.165, 1.54) is 0 Å². The second kappa shape index (κ2) is 22.6. The maximum atomic E-state index is 12.7. The first kappa shape index (κ1) is 35.7. The second-order valence-corrected chi connectivity index (χ2v) is 9.07. The van der Waals surface area contributed by atoms with Gasteiger partial charge in [0.1, 0.15) is 0 Å². The van der Waals surface area contributed by atoms with Crippen molar-refractivity contribution in [2.75, 3.05) is 92.4 Å². The van der Waals surface area contributed by atoms with Gasteiger partial charge in [-0.05, 0) is 13.8 Å². The fourth-order valence-electron chi connectivity index (χ4n) is 3.04. The normalized spacial score (nSPS) is 11.5. The third kappa shape index (κ3) is 16.5. The van der Waals surface area contributed by atoms with Crippen molar-refractivity contribution in [3.05, 3.63) is 50.6 Å². The van der Waals surface area contributed by atoms with Crippen LogP contribution in [0, 0.1) is 10.8 Å². The van der Waals surface area contributed by atoms with E-state index in [0.29, 0.717) is 65.9 Å². The lowest BCUT2D eigenvalue weighted by Crippen LogP contribution is -2.46. The molecule has 38 heavy (non-hydrogen) atoms. The molecular formula is C28H48N2O8. The highest BCUT2D eigenvalue weighted by Crippen LogP contribution is 2.19. The fraction of sp³-hybridized carbons (Fsp3) is 0.643. The van der Waals surface area contributed by atoms with Crippen LogP contribution in [0.5, 0.6) is 0 Å². The van der Waals surface area contributed by atoms with E-state index in [-0.39, 0.29) is 38.2 Å². The predicted octanol–water partition coefficient (Wildman–Crippen LogP) is 2.08. The molecule has 0 saturated heterocycles. The molecule has 0 aromatic carbocycles. The van der Waals surface area contributed by atoms with E-state index in [9.17, 15) is 9.59 Å². The van der Waals surface area contributed by atoms with E-state index in [4.69, 9.17) is 28.4 Å². The zero-order valence-corrected chi connectivity index (χ0v) is 23.3. The van der Waals surface area contributed by atoms with Crippen molar-refractivity contribution in [2.45, 2.75) is 13.8 Å². The Bertz CT molecular complexity index is 612. The van der Waals surface area contributed by atoms with Gasteiger partial charge in [0.15, 0.2) is 0 Å². The summed E-state index contributed by atoms with van der Waals surface area (Å²) in [6.45, 7) is 22.3. The van der Waals surface area contributed by atoms with Crippen LogP contribution in [0.2, 0.25) is 0 Å². The quantitative estimate of drug-likeness (QED) is 0.120. The van der Waals surface area contributed by atoms with E-state index in [2.05, 4.69) is 36.9 Å². The summed E-state index contributed by atoms with van der Waals surface area (Å²) >= 11 is 0. The molecule has 0 rings (SSSR count). The zero-order valence-electron chi connectivity index (χ0n) is 23.3. The summed E-state index contributed by atoms with van der Waals surface area (Å²) in [5, 5.41) is 5.71. The molecule has 0 aliphatic rings. The molecule has 10 nitrogen and oxygen atoms in total. The summed E-state index contributed by atoms with van der Waals surface area (Å²) in [5.41, 5.74) is -1.68. The Hall–Kier alpha value is -2.34. The van der Waals surface area contributed by atoms with Crippen molar-refractivity contribution < 1.29 is 38.0 Å². The highest BCUT2D eigenvalue weighted by atomic mass is 16.5. The Labute approximate surface area is 228 Å². The Morgan fingerprint density at radius 2 is 0.842 bits per heavy atom. The van der Waals surface area contributed by atoms with Crippen LogP contribution in [0.25, 0.3) is 0 Å². The van der Waals surface area contributed by atoms with Crippen molar-refractivity contribution in [3.8, 4) is 0 Å². The molecule has 10 heteroatoms. The number of nitrogens with one attached hydrogen (secondary N) is 2. The number of ether oxygens (including phenoxy) is 6. The molecule has 218 valence electrons. The number of hydrogen-bond acceptors (Lipinski definition) is 8. The van der Waals surface area contributed by atoms with Crippen LogP contribution in [0.3, 0.4) is 0 Å². The van der Waals surface area contributed by atoms with Gasteiger partial charge in [0.2, 0.25) is 11.8 Å². The fourth-order valence-corrected chi connectivity index (χ4v) is 3.04. The number of carbonyl (C=O) groups is 2.